The molecule has 2 aromatic rings. The third-order valence-electron chi connectivity index (χ3n) is 6.57. The highest BCUT2D eigenvalue weighted by atomic mass is 32.2. The largest absolute Gasteiger partial charge is 0.341 e. The highest BCUT2D eigenvalue weighted by Gasteiger charge is 2.34. The van der Waals surface area contributed by atoms with Crippen molar-refractivity contribution in [2.45, 2.75) is 30.7 Å². The molecule has 8 heteroatoms. The van der Waals surface area contributed by atoms with Crippen LogP contribution in [0.4, 0.5) is 0 Å². The Morgan fingerprint density at radius 2 is 1.61 bits per heavy atom. The van der Waals surface area contributed by atoms with Crippen LogP contribution in [0, 0.1) is 17.2 Å². The Bertz CT molecular complexity index is 1090. The summed E-state index contributed by atoms with van der Waals surface area (Å²) in [5.74, 6) is 0.0325. The Kier molecular flexibility index (Phi) is 7.43. The molecular formula is C25H30N4O3S. The topological polar surface area (TPSA) is 84.7 Å². The Hall–Kier alpha value is -2.73. The summed E-state index contributed by atoms with van der Waals surface area (Å²) in [5.41, 5.74) is 1.71. The van der Waals surface area contributed by atoms with Crippen molar-refractivity contribution in [3.63, 3.8) is 0 Å². The van der Waals surface area contributed by atoms with Gasteiger partial charge in [0.1, 0.15) is 0 Å². The molecule has 0 atom stereocenters. The maximum absolute atomic E-state index is 13.2. The highest BCUT2D eigenvalue weighted by molar-refractivity contribution is 7.89. The minimum Gasteiger partial charge on any atom is -0.341 e. The average molecular weight is 467 g/mol. The van der Waals surface area contributed by atoms with Crippen LogP contribution in [-0.4, -0.2) is 67.7 Å². The van der Waals surface area contributed by atoms with Gasteiger partial charge in [0.25, 0.3) is 0 Å². The molecule has 2 aliphatic heterocycles. The number of hydrogen-bond donors (Lipinski definition) is 0. The zero-order chi connectivity index (χ0) is 23.3. The van der Waals surface area contributed by atoms with Gasteiger partial charge in [-0.1, -0.05) is 30.3 Å². The fourth-order valence-electron chi connectivity index (χ4n) is 4.64. The van der Waals surface area contributed by atoms with E-state index < -0.39 is 10.0 Å². The Balaban J connectivity index is 1.30. The van der Waals surface area contributed by atoms with Crippen LogP contribution in [0.5, 0.6) is 0 Å². The van der Waals surface area contributed by atoms with E-state index in [9.17, 15) is 13.2 Å². The molecule has 0 unspecified atom stereocenters. The third kappa shape index (κ3) is 5.61. The lowest BCUT2D eigenvalue weighted by molar-refractivity contribution is -0.136. The SMILES string of the molecule is N#Cc1ccc(S(=O)(=O)N2CCC(C(=O)N3CCCN(Cc4ccccc4)CC3)CC2)cc1. The minimum atomic E-state index is -3.61. The van der Waals surface area contributed by atoms with Crippen molar-refractivity contribution in [2.75, 3.05) is 39.3 Å². The summed E-state index contributed by atoms with van der Waals surface area (Å²) in [6.07, 6.45) is 2.03. The first-order valence-electron chi connectivity index (χ1n) is 11.5. The van der Waals surface area contributed by atoms with Gasteiger partial charge < -0.3 is 4.90 Å². The number of benzene rings is 2. The van der Waals surface area contributed by atoms with Crippen molar-refractivity contribution >= 4 is 15.9 Å². The summed E-state index contributed by atoms with van der Waals surface area (Å²) >= 11 is 0. The van der Waals surface area contributed by atoms with E-state index in [1.54, 1.807) is 0 Å². The Morgan fingerprint density at radius 3 is 2.27 bits per heavy atom. The normalized spacial score (nSPS) is 19.1. The van der Waals surface area contributed by atoms with Crippen LogP contribution < -0.4 is 0 Å². The van der Waals surface area contributed by atoms with Crippen LogP contribution in [0.1, 0.15) is 30.4 Å². The van der Waals surface area contributed by atoms with E-state index in [-0.39, 0.29) is 16.7 Å². The number of piperidine rings is 1. The van der Waals surface area contributed by atoms with E-state index >= 15 is 0 Å². The average Bonchev–Trinajstić information content (AvgIpc) is 3.10. The number of nitriles is 1. The van der Waals surface area contributed by atoms with Gasteiger partial charge in [-0.05, 0) is 49.1 Å². The number of hydrogen-bond acceptors (Lipinski definition) is 5. The maximum atomic E-state index is 13.2. The van der Waals surface area contributed by atoms with Crippen molar-refractivity contribution in [3.05, 3.63) is 65.7 Å². The number of carbonyl (C=O) groups excluding carboxylic acids is 1. The molecule has 0 spiro atoms. The van der Waals surface area contributed by atoms with Crippen molar-refractivity contribution in [3.8, 4) is 6.07 Å². The van der Waals surface area contributed by atoms with E-state index in [1.165, 1.54) is 34.1 Å². The number of sulfonamides is 1. The molecule has 0 bridgehead atoms. The second-order valence-electron chi connectivity index (χ2n) is 8.76. The number of nitrogens with zero attached hydrogens (tertiary/aromatic N) is 4. The van der Waals surface area contributed by atoms with Gasteiger partial charge >= 0.3 is 0 Å². The molecule has 2 fully saturated rings. The number of rotatable bonds is 5. The lowest BCUT2D eigenvalue weighted by Crippen LogP contribution is -2.45. The maximum Gasteiger partial charge on any atom is 0.243 e. The first kappa shape index (κ1) is 23.4. The number of amides is 1. The van der Waals surface area contributed by atoms with Gasteiger partial charge in [-0.2, -0.15) is 9.57 Å². The molecule has 2 heterocycles. The molecule has 0 radical (unpaired) electrons. The summed E-state index contributed by atoms with van der Waals surface area (Å²) in [6, 6.07) is 18.4. The van der Waals surface area contributed by atoms with Crippen LogP contribution in [0.25, 0.3) is 0 Å². The lowest BCUT2D eigenvalue weighted by Gasteiger charge is -2.33. The smallest absolute Gasteiger partial charge is 0.243 e. The molecule has 174 valence electrons. The molecule has 0 aromatic heterocycles. The minimum absolute atomic E-state index is 0.127. The molecule has 0 aliphatic carbocycles. The van der Waals surface area contributed by atoms with Crippen molar-refractivity contribution in [2.24, 2.45) is 5.92 Å². The van der Waals surface area contributed by atoms with E-state index in [0.29, 0.717) is 31.5 Å². The first-order chi connectivity index (χ1) is 16.0. The Morgan fingerprint density at radius 1 is 0.909 bits per heavy atom. The quantitative estimate of drug-likeness (QED) is 0.676. The molecule has 2 aromatic carbocycles. The molecule has 33 heavy (non-hydrogen) atoms. The second kappa shape index (κ2) is 10.5. The van der Waals surface area contributed by atoms with Crippen LogP contribution in [-0.2, 0) is 21.4 Å². The molecule has 4 rings (SSSR count). The molecule has 7 nitrogen and oxygen atoms in total. The molecule has 0 N–H and O–H groups in total. The van der Waals surface area contributed by atoms with Gasteiger partial charge in [0.15, 0.2) is 0 Å². The van der Waals surface area contributed by atoms with Crippen molar-refractivity contribution in [1.29, 1.82) is 5.26 Å². The fraction of sp³-hybridized carbons (Fsp3) is 0.440. The second-order valence-corrected chi connectivity index (χ2v) is 10.7. The highest BCUT2D eigenvalue weighted by Crippen LogP contribution is 2.26. The lowest BCUT2D eigenvalue weighted by atomic mass is 9.96. The monoisotopic (exact) mass is 466 g/mol. The van der Waals surface area contributed by atoms with Gasteiger partial charge in [-0.3, -0.25) is 9.69 Å². The summed E-state index contributed by atoms with van der Waals surface area (Å²) in [6.45, 7) is 4.88. The predicted octanol–water partition coefficient (Wildman–Crippen LogP) is 2.69. The number of carbonyl (C=O) groups is 1. The zero-order valence-electron chi connectivity index (χ0n) is 18.8. The summed E-state index contributed by atoms with van der Waals surface area (Å²) in [4.78, 5) is 17.7. The van der Waals surface area contributed by atoms with Crippen LogP contribution in [0.2, 0.25) is 0 Å². The van der Waals surface area contributed by atoms with Crippen molar-refractivity contribution < 1.29 is 13.2 Å². The van der Waals surface area contributed by atoms with Gasteiger partial charge in [0, 0.05) is 51.7 Å². The predicted molar refractivity (Wildman–Crippen MR) is 126 cm³/mol. The first-order valence-corrected chi connectivity index (χ1v) is 13.0. The molecule has 1 amide bonds. The van der Waals surface area contributed by atoms with Gasteiger partial charge in [-0.15, -0.1) is 0 Å². The molecule has 2 aliphatic rings. The van der Waals surface area contributed by atoms with E-state index in [2.05, 4.69) is 29.2 Å². The van der Waals surface area contributed by atoms with Crippen molar-refractivity contribution in [1.82, 2.24) is 14.1 Å². The molecule has 0 saturated carbocycles. The van der Waals surface area contributed by atoms with Gasteiger partial charge in [-0.25, -0.2) is 8.42 Å². The Labute approximate surface area is 196 Å². The van der Waals surface area contributed by atoms with E-state index in [0.717, 1.165) is 39.1 Å². The zero-order valence-corrected chi connectivity index (χ0v) is 19.6. The summed E-state index contributed by atoms with van der Waals surface area (Å²) in [7, 11) is -3.61. The van der Waals surface area contributed by atoms with Gasteiger partial charge in [0.05, 0.1) is 16.5 Å². The molecular weight excluding hydrogens is 436 g/mol. The molecule has 2 saturated heterocycles. The van der Waals surface area contributed by atoms with E-state index in [1.807, 2.05) is 17.0 Å². The summed E-state index contributed by atoms with van der Waals surface area (Å²) in [5, 5.41) is 8.92. The van der Waals surface area contributed by atoms with Crippen LogP contribution >= 0.6 is 0 Å². The van der Waals surface area contributed by atoms with Gasteiger partial charge in [0.2, 0.25) is 15.9 Å². The standard InChI is InChI=1S/C25H30N4O3S/c26-19-21-7-9-24(10-8-21)33(31,32)29-15-11-23(12-16-29)25(30)28-14-4-13-27(17-18-28)20-22-5-2-1-3-6-22/h1-3,5-10,23H,4,11-18,20H2. The van der Waals surface area contributed by atoms with Crippen LogP contribution in [0.15, 0.2) is 59.5 Å². The van der Waals surface area contributed by atoms with Crippen LogP contribution in [0.3, 0.4) is 0 Å². The fourth-order valence-corrected chi connectivity index (χ4v) is 6.11. The van der Waals surface area contributed by atoms with E-state index in [4.69, 9.17) is 5.26 Å². The summed E-state index contributed by atoms with van der Waals surface area (Å²) < 4.78 is 27.3. The third-order valence-corrected chi connectivity index (χ3v) is 8.49.